The highest BCUT2D eigenvalue weighted by molar-refractivity contribution is 7.09. The molecule has 4 atom stereocenters. The molecule has 2 aliphatic rings. The van der Waals surface area contributed by atoms with Crippen LogP contribution in [-0.4, -0.2) is 29.8 Å². The Hall–Kier alpha value is -0.450. The smallest absolute Gasteiger partial charge is 0.0943 e. The number of nitrogens with one attached hydrogen (secondary N) is 1. The molecular formula is C15H24N2OS. The van der Waals surface area contributed by atoms with Crippen molar-refractivity contribution in [3.63, 3.8) is 0 Å². The van der Waals surface area contributed by atoms with E-state index in [1.165, 1.54) is 30.7 Å². The molecule has 19 heavy (non-hydrogen) atoms. The van der Waals surface area contributed by atoms with E-state index in [-0.39, 0.29) is 0 Å². The molecule has 0 spiro atoms. The monoisotopic (exact) mass is 280 g/mol. The molecule has 0 aliphatic carbocycles. The average Bonchev–Trinajstić information content (AvgIpc) is 3.10. The van der Waals surface area contributed by atoms with Gasteiger partial charge in [0.15, 0.2) is 0 Å². The van der Waals surface area contributed by atoms with Gasteiger partial charge in [-0.3, -0.25) is 0 Å². The number of hydrogen-bond acceptors (Lipinski definition) is 4. The summed E-state index contributed by atoms with van der Waals surface area (Å²) >= 11 is 1.80. The molecule has 0 aromatic carbocycles. The highest BCUT2D eigenvalue weighted by Gasteiger charge is 2.44. The van der Waals surface area contributed by atoms with Gasteiger partial charge in [-0.15, -0.1) is 11.3 Å². The summed E-state index contributed by atoms with van der Waals surface area (Å²) in [5.41, 5.74) is 1.15. The van der Waals surface area contributed by atoms with Gasteiger partial charge in [-0.05, 0) is 39.2 Å². The van der Waals surface area contributed by atoms with Gasteiger partial charge >= 0.3 is 0 Å². The maximum atomic E-state index is 6.03. The summed E-state index contributed by atoms with van der Waals surface area (Å²) in [6.07, 6.45) is 7.08. The van der Waals surface area contributed by atoms with Gasteiger partial charge in [0, 0.05) is 29.5 Å². The van der Waals surface area contributed by atoms with E-state index in [2.05, 4.69) is 29.5 Å². The molecule has 3 heterocycles. The van der Waals surface area contributed by atoms with Gasteiger partial charge in [-0.1, -0.05) is 6.92 Å². The summed E-state index contributed by atoms with van der Waals surface area (Å²) in [7, 11) is 0. The van der Waals surface area contributed by atoms with Gasteiger partial charge in [0.1, 0.15) is 0 Å². The van der Waals surface area contributed by atoms with Crippen LogP contribution in [0.25, 0.3) is 0 Å². The normalized spacial score (nSPS) is 30.9. The van der Waals surface area contributed by atoms with Gasteiger partial charge < -0.3 is 10.1 Å². The van der Waals surface area contributed by atoms with Gasteiger partial charge in [-0.2, -0.15) is 0 Å². The van der Waals surface area contributed by atoms with E-state index in [0.717, 1.165) is 18.7 Å². The lowest BCUT2D eigenvalue weighted by Gasteiger charge is -2.29. The first-order chi connectivity index (χ1) is 9.26. The summed E-state index contributed by atoms with van der Waals surface area (Å²) < 4.78 is 6.03. The third kappa shape index (κ3) is 3.01. The second kappa shape index (κ2) is 5.90. The molecule has 2 saturated heterocycles. The summed E-state index contributed by atoms with van der Waals surface area (Å²) in [6, 6.07) is 0.542. The minimum Gasteiger partial charge on any atom is -0.375 e. The lowest BCUT2D eigenvalue weighted by Crippen LogP contribution is -2.42. The van der Waals surface area contributed by atoms with Crippen molar-refractivity contribution in [2.24, 2.45) is 5.92 Å². The Morgan fingerprint density at radius 2 is 2.42 bits per heavy atom. The summed E-state index contributed by atoms with van der Waals surface area (Å²) in [5, 5.41) is 7.17. The predicted octanol–water partition coefficient (Wildman–Crippen LogP) is 2.93. The number of ether oxygens (including phenoxy) is 1. The molecule has 2 aliphatic heterocycles. The highest BCUT2D eigenvalue weighted by Crippen LogP contribution is 2.41. The maximum Gasteiger partial charge on any atom is 0.0943 e. The molecule has 2 fully saturated rings. The summed E-state index contributed by atoms with van der Waals surface area (Å²) in [4.78, 5) is 4.63. The molecule has 4 heteroatoms. The third-order valence-corrected chi connectivity index (χ3v) is 5.38. The fraction of sp³-hybridized carbons (Fsp3) is 0.800. The zero-order chi connectivity index (χ0) is 13.2. The molecule has 1 aromatic heterocycles. The largest absolute Gasteiger partial charge is 0.375 e. The second-order valence-electron chi connectivity index (χ2n) is 5.92. The van der Waals surface area contributed by atoms with Gasteiger partial charge in [0.25, 0.3) is 0 Å². The Balaban J connectivity index is 1.66. The van der Waals surface area contributed by atoms with Gasteiger partial charge in [0.2, 0.25) is 0 Å². The number of aromatic nitrogens is 1. The van der Waals surface area contributed by atoms with Crippen molar-refractivity contribution < 1.29 is 4.74 Å². The van der Waals surface area contributed by atoms with Crippen LogP contribution in [0.3, 0.4) is 0 Å². The molecule has 1 aromatic rings. The Bertz CT molecular complexity index is 420. The predicted molar refractivity (Wildman–Crippen MR) is 78.6 cm³/mol. The van der Waals surface area contributed by atoms with Crippen LogP contribution in [0, 0.1) is 12.8 Å². The highest BCUT2D eigenvalue weighted by atomic mass is 32.1. The van der Waals surface area contributed by atoms with E-state index in [0.29, 0.717) is 24.2 Å². The fourth-order valence-electron chi connectivity index (χ4n) is 3.49. The van der Waals surface area contributed by atoms with Crippen molar-refractivity contribution in [2.75, 3.05) is 6.54 Å². The molecular weight excluding hydrogens is 256 g/mol. The number of rotatable bonds is 6. The van der Waals surface area contributed by atoms with Crippen LogP contribution in [-0.2, 0) is 11.2 Å². The molecule has 0 saturated carbocycles. The number of aryl methyl sites for hydroxylation is 1. The van der Waals surface area contributed by atoms with Gasteiger partial charge in [-0.25, -0.2) is 4.98 Å². The zero-order valence-electron chi connectivity index (χ0n) is 11.9. The minimum absolute atomic E-state index is 0.500. The molecule has 4 unspecified atom stereocenters. The van der Waals surface area contributed by atoms with Crippen LogP contribution in [0.2, 0.25) is 0 Å². The van der Waals surface area contributed by atoms with Crippen LogP contribution in [0.5, 0.6) is 0 Å². The van der Waals surface area contributed by atoms with Crippen molar-refractivity contribution in [1.29, 1.82) is 0 Å². The lowest BCUT2D eigenvalue weighted by molar-refractivity contribution is 0.0857. The van der Waals surface area contributed by atoms with E-state index in [1.807, 2.05) is 0 Å². The van der Waals surface area contributed by atoms with Crippen LogP contribution in [0.1, 0.15) is 43.3 Å². The molecule has 0 radical (unpaired) electrons. The van der Waals surface area contributed by atoms with E-state index >= 15 is 0 Å². The topological polar surface area (TPSA) is 34.2 Å². The molecule has 106 valence electrons. The standard InChI is InChI=1S/C15H24N2OS/c1-3-6-16-13(8-15-17-10(2)9-19-15)12-7-11-4-5-14(12)18-11/h9,11-14,16H,3-8H2,1-2H3. The Morgan fingerprint density at radius 1 is 1.53 bits per heavy atom. The Kier molecular flexibility index (Phi) is 4.20. The quantitative estimate of drug-likeness (QED) is 0.870. The minimum atomic E-state index is 0.500. The molecule has 3 rings (SSSR count). The first-order valence-electron chi connectivity index (χ1n) is 7.56. The number of fused-ring (bicyclic) bond motifs is 2. The van der Waals surface area contributed by atoms with E-state index in [1.54, 1.807) is 11.3 Å². The number of nitrogens with zero attached hydrogens (tertiary/aromatic N) is 1. The lowest BCUT2D eigenvalue weighted by atomic mass is 9.82. The van der Waals surface area contributed by atoms with Crippen LogP contribution >= 0.6 is 11.3 Å². The van der Waals surface area contributed by atoms with E-state index in [9.17, 15) is 0 Å². The van der Waals surface area contributed by atoms with Crippen molar-refractivity contribution in [3.05, 3.63) is 16.1 Å². The van der Waals surface area contributed by atoms with Gasteiger partial charge in [0.05, 0.1) is 17.2 Å². The fourth-order valence-corrected chi connectivity index (χ4v) is 4.32. The van der Waals surface area contributed by atoms with Crippen molar-refractivity contribution in [3.8, 4) is 0 Å². The summed E-state index contributed by atoms with van der Waals surface area (Å²) in [6.45, 7) is 5.41. The Morgan fingerprint density at radius 3 is 3.00 bits per heavy atom. The first-order valence-corrected chi connectivity index (χ1v) is 8.44. The molecule has 0 amide bonds. The van der Waals surface area contributed by atoms with Crippen molar-refractivity contribution in [1.82, 2.24) is 10.3 Å². The van der Waals surface area contributed by atoms with E-state index < -0.39 is 0 Å². The van der Waals surface area contributed by atoms with Crippen LogP contribution in [0.4, 0.5) is 0 Å². The van der Waals surface area contributed by atoms with Crippen molar-refractivity contribution >= 4 is 11.3 Å². The first kappa shape index (κ1) is 13.5. The summed E-state index contributed by atoms with van der Waals surface area (Å²) in [5.74, 6) is 0.689. The molecule has 1 N–H and O–H groups in total. The molecule has 2 bridgehead atoms. The number of hydrogen-bond donors (Lipinski definition) is 1. The SMILES string of the molecule is CCCNC(Cc1nc(C)cs1)C1CC2CCC1O2. The maximum absolute atomic E-state index is 6.03. The Labute approximate surface area is 119 Å². The van der Waals surface area contributed by atoms with E-state index in [4.69, 9.17) is 4.74 Å². The van der Waals surface area contributed by atoms with Crippen LogP contribution < -0.4 is 5.32 Å². The second-order valence-corrected chi connectivity index (χ2v) is 6.86. The average molecular weight is 280 g/mol. The zero-order valence-corrected chi connectivity index (χ0v) is 12.7. The third-order valence-electron chi connectivity index (χ3n) is 4.39. The van der Waals surface area contributed by atoms with Crippen molar-refractivity contribution in [2.45, 2.75) is 64.2 Å². The number of thiazole rings is 1. The van der Waals surface area contributed by atoms with Crippen LogP contribution in [0.15, 0.2) is 5.38 Å². The molecule has 3 nitrogen and oxygen atoms in total.